The molecule has 9 heteroatoms. The second kappa shape index (κ2) is 10.3. The summed E-state index contributed by atoms with van der Waals surface area (Å²) < 4.78 is 7.26. The molecule has 1 amide bonds. The summed E-state index contributed by atoms with van der Waals surface area (Å²) in [5.74, 6) is 1.70. The van der Waals surface area contributed by atoms with Gasteiger partial charge >= 0.3 is 180 Å². The number of halogens is 1. The third kappa shape index (κ3) is 4.57. The number of carbonyl (C=O) groups excluding carboxylic acids is 1. The van der Waals surface area contributed by atoms with Crippen LogP contribution in [0.1, 0.15) is 19.8 Å². The molecule has 3 heterocycles. The zero-order chi connectivity index (χ0) is 25.2. The summed E-state index contributed by atoms with van der Waals surface area (Å²) in [6.45, 7) is 9.10. The number of hydrogen-bond donors (Lipinski definition) is 1. The molecule has 2 aromatic heterocycles. The van der Waals surface area contributed by atoms with Crippen molar-refractivity contribution in [3.8, 4) is 11.3 Å². The van der Waals surface area contributed by atoms with Crippen LogP contribution in [0.5, 0.6) is 0 Å². The van der Waals surface area contributed by atoms with Gasteiger partial charge in [-0.05, 0) is 6.08 Å². The first-order valence-electron chi connectivity index (χ1n) is 12.2. The third-order valence-corrected chi connectivity index (χ3v) is 7.44. The van der Waals surface area contributed by atoms with Gasteiger partial charge in [-0.2, -0.15) is 0 Å². The van der Waals surface area contributed by atoms with Gasteiger partial charge < -0.3 is 4.74 Å². The van der Waals surface area contributed by atoms with Crippen LogP contribution in [0.15, 0.2) is 60.5 Å². The van der Waals surface area contributed by atoms with Crippen LogP contribution in [0.3, 0.4) is 0 Å². The van der Waals surface area contributed by atoms with E-state index in [1.54, 1.807) is 20.2 Å². The number of ether oxygens (including phenoxy) is 1. The molecule has 2 aliphatic rings. The summed E-state index contributed by atoms with van der Waals surface area (Å²) in [5.41, 5.74) is 3.21. The molecule has 7 nitrogen and oxygen atoms in total. The number of nitrogens with zero attached hydrogens (tertiary/aromatic N) is 4. The van der Waals surface area contributed by atoms with E-state index in [1.165, 1.54) is 0 Å². The number of likely N-dealkylation sites (tertiary alicyclic amines) is 1. The molecular formula is C27H29BClN5O2. The van der Waals surface area contributed by atoms with Gasteiger partial charge in [-0.15, -0.1) is 0 Å². The molecule has 0 bridgehead atoms. The van der Waals surface area contributed by atoms with Crippen molar-refractivity contribution in [1.82, 2.24) is 19.5 Å². The Morgan fingerprint density at radius 2 is 2.06 bits per heavy atom. The summed E-state index contributed by atoms with van der Waals surface area (Å²) >= 11 is 6.48. The molecule has 5 rings (SSSR count). The van der Waals surface area contributed by atoms with Crippen LogP contribution in [-0.2, 0) is 9.53 Å². The first-order valence-corrected chi connectivity index (χ1v) is 12.6. The maximum atomic E-state index is 13.3. The monoisotopic (exact) mass is 501 g/mol. The van der Waals surface area contributed by atoms with Gasteiger partial charge in [0.1, 0.15) is 0 Å². The van der Waals surface area contributed by atoms with Gasteiger partial charge in [0, 0.05) is 0 Å². The molecule has 36 heavy (non-hydrogen) atoms. The number of methoxy groups -OCH3 is 1. The fourth-order valence-corrected chi connectivity index (χ4v) is 5.25. The van der Waals surface area contributed by atoms with Crippen molar-refractivity contribution in [1.29, 1.82) is 0 Å². The molecule has 2 atom stereocenters. The molecule has 1 aliphatic carbocycles. The normalized spacial score (nSPS) is 20.2. The third-order valence-electron chi connectivity index (χ3n) is 7.11. The summed E-state index contributed by atoms with van der Waals surface area (Å²) in [6, 6.07) is 9.86. The molecule has 2 unspecified atom stereocenters. The summed E-state index contributed by atoms with van der Waals surface area (Å²) in [7, 11) is 1.66. The molecule has 1 aliphatic heterocycles. The first kappa shape index (κ1) is 24.3. The van der Waals surface area contributed by atoms with E-state index >= 15 is 0 Å². The van der Waals surface area contributed by atoms with Crippen molar-refractivity contribution < 1.29 is 9.53 Å². The van der Waals surface area contributed by atoms with E-state index in [1.807, 2.05) is 64.9 Å². The zero-order valence-corrected chi connectivity index (χ0v) is 21.3. The molecular weight excluding hydrogens is 473 g/mol. The van der Waals surface area contributed by atoms with E-state index in [0.29, 0.717) is 18.1 Å². The molecule has 1 N–H and O–H groups in total. The molecule has 1 fully saturated rings. The van der Waals surface area contributed by atoms with Crippen LogP contribution in [0.25, 0.3) is 16.9 Å². The second-order valence-corrected chi connectivity index (χ2v) is 9.67. The van der Waals surface area contributed by atoms with Crippen molar-refractivity contribution in [2.75, 3.05) is 25.5 Å². The number of amides is 1. The van der Waals surface area contributed by atoms with E-state index in [0.717, 1.165) is 46.8 Å². The number of nitrogens with one attached hydrogen (secondary N) is 1. The number of hydrogen-bond acceptors (Lipinski definition) is 5. The molecule has 3 aromatic rings. The number of fused-ring (bicyclic) bond motifs is 1. The van der Waals surface area contributed by atoms with Gasteiger partial charge in [0.05, 0.1) is 12.9 Å². The Bertz CT molecular complexity index is 1360. The van der Waals surface area contributed by atoms with E-state index in [4.69, 9.17) is 21.3 Å². The van der Waals surface area contributed by atoms with Gasteiger partial charge in [0.2, 0.25) is 0 Å². The Hall–Kier alpha value is -3.39. The minimum atomic E-state index is -0.186. The van der Waals surface area contributed by atoms with Gasteiger partial charge in [0.25, 0.3) is 0 Å². The Morgan fingerprint density at radius 3 is 2.78 bits per heavy atom. The number of aromatic nitrogens is 3. The van der Waals surface area contributed by atoms with Crippen molar-refractivity contribution in [2.45, 2.75) is 25.8 Å². The number of rotatable bonds is 6. The Morgan fingerprint density at radius 1 is 1.28 bits per heavy atom. The van der Waals surface area contributed by atoms with Crippen LogP contribution in [-0.4, -0.2) is 65.0 Å². The number of carbonyl (C=O) groups is 1. The average Bonchev–Trinajstić information content (AvgIpc) is 3.32. The molecule has 1 aromatic carbocycles. The van der Waals surface area contributed by atoms with Crippen LogP contribution < -0.4 is 10.8 Å². The Balaban J connectivity index is 1.33. The van der Waals surface area contributed by atoms with Crippen LogP contribution >= 0.6 is 11.6 Å². The molecule has 184 valence electrons. The average molecular weight is 502 g/mol. The van der Waals surface area contributed by atoms with Gasteiger partial charge in [-0.1, -0.05) is 13.0 Å². The predicted octanol–water partition coefficient (Wildman–Crippen LogP) is 3.57. The molecule has 0 spiro atoms. The van der Waals surface area contributed by atoms with Crippen molar-refractivity contribution >= 4 is 47.8 Å². The topological polar surface area (TPSA) is 71.8 Å². The van der Waals surface area contributed by atoms with Crippen molar-refractivity contribution in [3.63, 3.8) is 0 Å². The molecule has 0 radical (unpaired) electrons. The Labute approximate surface area is 216 Å². The standard InChI is InChI=1S/C27H29BClN5O2/c1-17-19(8-6-10-24(17)36-3)27(35)33-13-11-18(12-14-33)31-25-15-23(20-7-4-5-9-22(20)29)32-26-21(28-2)16-30-34(25)26/h4-10,15-19,31H,2,11-14H2,1,3H3. The second-order valence-electron chi connectivity index (χ2n) is 9.26. The van der Waals surface area contributed by atoms with Crippen molar-refractivity contribution in [3.05, 3.63) is 65.5 Å². The van der Waals surface area contributed by atoms with Crippen molar-refractivity contribution in [2.24, 2.45) is 11.8 Å². The SMILES string of the molecule is C=Bc1cnn2c(NC3CCN(C(=O)C4C=CC=C(OC)C4C)CC3)cc(-c3ccccc3Cl)nc12. The van der Waals surface area contributed by atoms with Gasteiger partial charge in [-0.3, -0.25) is 0 Å². The van der Waals surface area contributed by atoms with Crippen LogP contribution in [0.2, 0.25) is 5.02 Å². The Kier molecular flexibility index (Phi) is 6.96. The van der Waals surface area contributed by atoms with Crippen LogP contribution in [0.4, 0.5) is 5.82 Å². The molecule has 0 saturated carbocycles. The predicted molar refractivity (Wildman–Crippen MR) is 146 cm³/mol. The number of anilines is 1. The van der Waals surface area contributed by atoms with Gasteiger partial charge in [-0.25, -0.2) is 0 Å². The fourth-order valence-electron chi connectivity index (χ4n) is 5.01. The first-order chi connectivity index (χ1) is 17.5. The summed E-state index contributed by atoms with van der Waals surface area (Å²) in [6.07, 6.45) is 9.28. The number of piperidine rings is 1. The van der Waals surface area contributed by atoms with E-state index in [9.17, 15) is 4.79 Å². The van der Waals surface area contributed by atoms with E-state index in [2.05, 4.69) is 16.9 Å². The maximum absolute atomic E-state index is 13.3. The zero-order valence-electron chi connectivity index (χ0n) is 20.5. The summed E-state index contributed by atoms with van der Waals surface area (Å²) in [4.78, 5) is 20.1. The van der Waals surface area contributed by atoms with Gasteiger partial charge in [0.15, 0.2) is 0 Å². The fraction of sp³-hybridized carbons (Fsp3) is 0.333. The van der Waals surface area contributed by atoms with Crippen LogP contribution in [0, 0.1) is 11.8 Å². The quantitative estimate of drug-likeness (QED) is 0.523. The minimum absolute atomic E-state index is 0.0375. The summed E-state index contributed by atoms with van der Waals surface area (Å²) in [5, 5.41) is 8.84. The molecule has 1 saturated heterocycles. The number of benzene rings is 1. The van der Waals surface area contributed by atoms with E-state index < -0.39 is 0 Å². The number of allylic oxidation sites excluding steroid dienone is 3. The van der Waals surface area contributed by atoms with E-state index in [-0.39, 0.29) is 23.8 Å².